The summed E-state index contributed by atoms with van der Waals surface area (Å²) in [4.78, 5) is 25.0. The molecule has 0 aliphatic carbocycles. The van der Waals surface area contributed by atoms with Crippen molar-refractivity contribution in [2.75, 3.05) is 17.5 Å². The maximum atomic E-state index is 12.6. The molecule has 27 heavy (non-hydrogen) atoms. The van der Waals surface area contributed by atoms with Gasteiger partial charge in [-0.2, -0.15) is 0 Å². The number of carbonyl (C=O) groups excluding carboxylic acids is 1. The second kappa shape index (κ2) is 8.68. The van der Waals surface area contributed by atoms with E-state index in [0.717, 1.165) is 5.56 Å². The van der Waals surface area contributed by atoms with Crippen LogP contribution in [0.4, 0.5) is 5.69 Å². The number of aromatic carboxylic acids is 1. The molecule has 8 heteroatoms. The van der Waals surface area contributed by atoms with Crippen LogP contribution in [0.25, 0.3) is 0 Å². The monoisotopic (exact) mass is 390 g/mol. The van der Waals surface area contributed by atoms with Gasteiger partial charge in [0.05, 0.1) is 11.3 Å². The Bertz CT molecular complexity index is 923. The zero-order valence-electron chi connectivity index (χ0n) is 15.2. The Hall–Kier alpha value is -2.87. The summed E-state index contributed by atoms with van der Waals surface area (Å²) < 4.78 is 26.2. The number of carboxylic acids is 1. The van der Waals surface area contributed by atoms with Gasteiger partial charge in [-0.05, 0) is 42.3 Å². The van der Waals surface area contributed by atoms with E-state index in [2.05, 4.69) is 4.72 Å². The van der Waals surface area contributed by atoms with Gasteiger partial charge in [-0.1, -0.05) is 25.1 Å². The van der Waals surface area contributed by atoms with E-state index in [0.29, 0.717) is 24.2 Å². The SMILES string of the molecule is CCCS(=O)(=O)Nc1cccc(C(=O)N(C)Cc2ccc(C(=O)O)cc2)c1. The number of nitrogens with one attached hydrogen (secondary N) is 1. The molecule has 0 heterocycles. The first-order valence-corrected chi connectivity index (χ1v) is 10.1. The number of hydrogen-bond donors (Lipinski definition) is 2. The highest BCUT2D eigenvalue weighted by molar-refractivity contribution is 7.92. The Kier molecular flexibility index (Phi) is 6.57. The molecular formula is C19H22N2O5S. The summed E-state index contributed by atoms with van der Waals surface area (Å²) in [5, 5.41) is 8.92. The van der Waals surface area contributed by atoms with Crippen LogP contribution in [0.15, 0.2) is 48.5 Å². The summed E-state index contributed by atoms with van der Waals surface area (Å²) in [5.74, 6) is -1.26. The number of nitrogens with zero attached hydrogens (tertiary/aromatic N) is 1. The highest BCUT2D eigenvalue weighted by atomic mass is 32.2. The van der Waals surface area contributed by atoms with Crippen molar-refractivity contribution in [1.82, 2.24) is 4.90 Å². The summed E-state index contributed by atoms with van der Waals surface area (Å²) in [6.07, 6.45) is 0.497. The van der Waals surface area contributed by atoms with E-state index in [9.17, 15) is 18.0 Å². The Labute approximate surface area is 158 Å². The summed E-state index contributed by atoms with van der Waals surface area (Å²) in [7, 11) is -1.80. The van der Waals surface area contributed by atoms with Gasteiger partial charge in [0, 0.05) is 24.8 Å². The minimum absolute atomic E-state index is 0.0113. The molecule has 2 aromatic carbocycles. The van der Waals surface area contributed by atoms with Crippen LogP contribution in [-0.2, 0) is 16.6 Å². The van der Waals surface area contributed by atoms with E-state index in [-0.39, 0.29) is 17.2 Å². The Balaban J connectivity index is 2.10. The molecule has 2 aromatic rings. The van der Waals surface area contributed by atoms with Crippen LogP contribution < -0.4 is 4.72 Å². The lowest BCUT2D eigenvalue weighted by Crippen LogP contribution is -2.26. The molecular weight excluding hydrogens is 368 g/mol. The normalized spacial score (nSPS) is 11.0. The lowest BCUT2D eigenvalue weighted by Gasteiger charge is -2.18. The van der Waals surface area contributed by atoms with Crippen LogP contribution in [0.1, 0.15) is 39.6 Å². The molecule has 1 amide bonds. The van der Waals surface area contributed by atoms with Gasteiger partial charge in [0.1, 0.15) is 0 Å². The number of anilines is 1. The molecule has 0 spiro atoms. The topological polar surface area (TPSA) is 104 Å². The van der Waals surface area contributed by atoms with Gasteiger partial charge in [0.15, 0.2) is 0 Å². The van der Waals surface area contributed by atoms with Gasteiger partial charge >= 0.3 is 5.97 Å². The number of benzene rings is 2. The highest BCUT2D eigenvalue weighted by Crippen LogP contribution is 2.16. The predicted molar refractivity (Wildman–Crippen MR) is 103 cm³/mol. The number of rotatable bonds is 8. The van der Waals surface area contributed by atoms with Gasteiger partial charge in [0.25, 0.3) is 5.91 Å². The average Bonchev–Trinajstić information content (AvgIpc) is 2.61. The molecule has 7 nitrogen and oxygen atoms in total. The first-order chi connectivity index (χ1) is 12.7. The zero-order valence-corrected chi connectivity index (χ0v) is 16.0. The van der Waals surface area contributed by atoms with Crippen LogP contribution in [0.2, 0.25) is 0 Å². The summed E-state index contributed by atoms with van der Waals surface area (Å²) in [6.45, 7) is 2.07. The zero-order chi connectivity index (χ0) is 20.0. The maximum absolute atomic E-state index is 12.6. The van der Waals surface area contributed by atoms with Gasteiger partial charge in [-0.15, -0.1) is 0 Å². The van der Waals surface area contributed by atoms with Crippen molar-refractivity contribution < 1.29 is 23.1 Å². The fraction of sp³-hybridized carbons (Fsp3) is 0.263. The van der Waals surface area contributed by atoms with E-state index >= 15 is 0 Å². The summed E-state index contributed by atoms with van der Waals surface area (Å²) >= 11 is 0. The van der Waals surface area contributed by atoms with Crippen LogP contribution in [0, 0.1) is 0 Å². The minimum Gasteiger partial charge on any atom is -0.478 e. The van der Waals surface area contributed by atoms with E-state index in [1.165, 1.54) is 23.1 Å². The summed E-state index contributed by atoms with van der Waals surface area (Å²) in [6, 6.07) is 12.6. The molecule has 0 atom stereocenters. The predicted octanol–water partition coefficient (Wildman–Crippen LogP) is 2.81. The Morgan fingerprint density at radius 2 is 1.74 bits per heavy atom. The Morgan fingerprint density at radius 1 is 1.07 bits per heavy atom. The van der Waals surface area contributed by atoms with Crippen molar-refractivity contribution >= 4 is 27.6 Å². The molecule has 2 rings (SSSR count). The van der Waals surface area contributed by atoms with E-state index in [1.54, 1.807) is 44.3 Å². The average molecular weight is 390 g/mol. The maximum Gasteiger partial charge on any atom is 0.335 e. The van der Waals surface area contributed by atoms with Crippen molar-refractivity contribution in [3.05, 3.63) is 65.2 Å². The van der Waals surface area contributed by atoms with Crippen molar-refractivity contribution in [3.63, 3.8) is 0 Å². The van der Waals surface area contributed by atoms with Crippen molar-refractivity contribution in [2.45, 2.75) is 19.9 Å². The minimum atomic E-state index is -3.43. The molecule has 0 aromatic heterocycles. The summed E-state index contributed by atoms with van der Waals surface area (Å²) in [5.41, 5.74) is 1.67. The molecule has 0 bridgehead atoms. The van der Waals surface area contributed by atoms with Crippen LogP contribution >= 0.6 is 0 Å². The fourth-order valence-corrected chi connectivity index (χ4v) is 3.66. The second-order valence-electron chi connectivity index (χ2n) is 6.17. The van der Waals surface area contributed by atoms with Crippen LogP contribution in [0.3, 0.4) is 0 Å². The molecule has 0 aliphatic heterocycles. The van der Waals surface area contributed by atoms with Gasteiger partial charge in [0.2, 0.25) is 10.0 Å². The largest absolute Gasteiger partial charge is 0.478 e. The first-order valence-electron chi connectivity index (χ1n) is 8.40. The lowest BCUT2D eigenvalue weighted by atomic mass is 10.1. The van der Waals surface area contributed by atoms with Gasteiger partial charge in [-0.3, -0.25) is 9.52 Å². The number of hydrogen-bond acceptors (Lipinski definition) is 4. The number of carbonyl (C=O) groups is 2. The molecule has 0 aliphatic rings. The van der Waals surface area contributed by atoms with Crippen molar-refractivity contribution in [1.29, 1.82) is 0 Å². The van der Waals surface area contributed by atoms with Crippen molar-refractivity contribution in [2.24, 2.45) is 0 Å². The molecule has 0 saturated carbocycles. The van der Waals surface area contributed by atoms with Gasteiger partial charge < -0.3 is 10.0 Å². The fourth-order valence-electron chi connectivity index (χ4n) is 2.53. The molecule has 0 fully saturated rings. The highest BCUT2D eigenvalue weighted by Gasteiger charge is 2.15. The third-order valence-electron chi connectivity index (χ3n) is 3.82. The molecule has 2 N–H and O–H groups in total. The van der Waals surface area contributed by atoms with E-state index in [1.807, 2.05) is 0 Å². The Morgan fingerprint density at radius 3 is 2.33 bits per heavy atom. The molecule has 0 saturated heterocycles. The first kappa shape index (κ1) is 20.4. The number of amides is 1. The van der Waals surface area contributed by atoms with Crippen molar-refractivity contribution in [3.8, 4) is 0 Å². The van der Waals surface area contributed by atoms with E-state index in [4.69, 9.17) is 5.11 Å². The third kappa shape index (κ3) is 5.82. The smallest absolute Gasteiger partial charge is 0.335 e. The lowest BCUT2D eigenvalue weighted by molar-refractivity contribution is 0.0695. The van der Waals surface area contributed by atoms with Gasteiger partial charge in [-0.25, -0.2) is 13.2 Å². The molecule has 0 unspecified atom stereocenters. The molecule has 0 radical (unpaired) electrons. The molecule has 144 valence electrons. The van der Waals surface area contributed by atoms with Crippen LogP contribution in [-0.4, -0.2) is 43.1 Å². The third-order valence-corrected chi connectivity index (χ3v) is 5.32. The number of sulfonamides is 1. The van der Waals surface area contributed by atoms with E-state index < -0.39 is 16.0 Å². The standard InChI is InChI=1S/C19H22N2O5S/c1-3-11-27(25,26)20-17-6-4-5-16(12-17)18(22)21(2)13-14-7-9-15(10-8-14)19(23)24/h4-10,12,20H,3,11,13H2,1-2H3,(H,23,24). The second-order valence-corrected chi connectivity index (χ2v) is 8.01. The van der Waals surface area contributed by atoms with Crippen LogP contribution in [0.5, 0.6) is 0 Å². The quantitative estimate of drug-likeness (QED) is 0.721. The number of carboxylic acid groups (broad SMARTS) is 1.